The van der Waals surface area contributed by atoms with Gasteiger partial charge in [-0.15, -0.1) is 0 Å². The van der Waals surface area contributed by atoms with Crippen LogP contribution in [0.3, 0.4) is 0 Å². The number of allylic oxidation sites excluding steroid dienone is 1. The fraction of sp³-hybridized carbons (Fsp3) is 0.176. The topological polar surface area (TPSA) is 65.6 Å². The minimum atomic E-state index is -0.0781. The van der Waals surface area contributed by atoms with Gasteiger partial charge in [-0.05, 0) is 31.2 Å². The largest absolute Gasteiger partial charge is 0.289 e. The van der Waals surface area contributed by atoms with Crippen molar-refractivity contribution in [3.63, 3.8) is 0 Å². The lowest BCUT2D eigenvalue weighted by Gasteiger charge is -1.97. The minimum absolute atomic E-state index is 0.0781. The summed E-state index contributed by atoms with van der Waals surface area (Å²) in [7, 11) is 1.85. The molecule has 0 unspecified atom stereocenters. The van der Waals surface area contributed by atoms with Crippen molar-refractivity contribution in [2.24, 2.45) is 7.05 Å². The molecule has 0 saturated carbocycles. The van der Waals surface area contributed by atoms with Crippen molar-refractivity contribution >= 4 is 11.9 Å². The summed E-state index contributed by atoms with van der Waals surface area (Å²) in [4.78, 5) is 16.3. The zero-order chi connectivity index (χ0) is 16.2. The highest BCUT2D eigenvalue weighted by atomic mass is 16.1. The van der Waals surface area contributed by atoms with Gasteiger partial charge in [0, 0.05) is 49.5 Å². The van der Waals surface area contributed by atoms with Gasteiger partial charge in [-0.1, -0.05) is 0 Å². The molecule has 23 heavy (non-hydrogen) atoms. The molecule has 3 aromatic rings. The minimum Gasteiger partial charge on any atom is -0.289 e. The van der Waals surface area contributed by atoms with E-state index >= 15 is 0 Å². The van der Waals surface area contributed by atoms with Crippen LogP contribution >= 0.6 is 0 Å². The monoisotopic (exact) mass is 307 g/mol. The van der Waals surface area contributed by atoms with E-state index in [1.807, 2.05) is 32.3 Å². The summed E-state index contributed by atoms with van der Waals surface area (Å²) in [5, 5.41) is 8.56. The molecule has 6 nitrogen and oxygen atoms in total. The van der Waals surface area contributed by atoms with Crippen LogP contribution in [0.1, 0.15) is 22.8 Å². The number of nitrogens with zero attached hydrogens (tertiary/aromatic N) is 5. The van der Waals surface area contributed by atoms with Crippen molar-refractivity contribution in [2.45, 2.75) is 13.5 Å². The predicted molar refractivity (Wildman–Crippen MR) is 87.7 cm³/mol. The van der Waals surface area contributed by atoms with Crippen LogP contribution in [-0.4, -0.2) is 30.3 Å². The molecule has 0 fully saturated rings. The Labute approximate surface area is 134 Å². The first-order valence-electron chi connectivity index (χ1n) is 7.36. The van der Waals surface area contributed by atoms with Crippen molar-refractivity contribution in [3.8, 4) is 11.3 Å². The van der Waals surface area contributed by atoms with Gasteiger partial charge in [0.2, 0.25) is 0 Å². The van der Waals surface area contributed by atoms with E-state index in [1.54, 1.807) is 46.3 Å². The zero-order valence-electron chi connectivity index (χ0n) is 13.0. The van der Waals surface area contributed by atoms with Gasteiger partial charge in [-0.25, -0.2) is 0 Å². The average molecular weight is 307 g/mol. The maximum absolute atomic E-state index is 12.2. The molecule has 3 aromatic heterocycles. The number of aromatic nitrogens is 5. The highest BCUT2D eigenvalue weighted by Gasteiger charge is 2.09. The molecule has 0 aliphatic rings. The number of carbonyl (C=O) groups excluding carboxylic acids is 1. The van der Waals surface area contributed by atoms with E-state index in [4.69, 9.17) is 0 Å². The Bertz CT molecular complexity index is 845. The molecular formula is C17H17N5O. The van der Waals surface area contributed by atoms with Crippen molar-refractivity contribution in [3.05, 3.63) is 60.3 Å². The SMILES string of the molecule is CCn1cc(C(=O)C=Cc2cn(C)nc2-c2cccnc2)cn1. The van der Waals surface area contributed by atoms with Gasteiger partial charge in [0.15, 0.2) is 5.78 Å². The van der Waals surface area contributed by atoms with Crippen LogP contribution in [-0.2, 0) is 13.6 Å². The fourth-order valence-corrected chi connectivity index (χ4v) is 2.28. The lowest BCUT2D eigenvalue weighted by atomic mass is 10.1. The third-order valence-corrected chi connectivity index (χ3v) is 3.45. The van der Waals surface area contributed by atoms with Crippen LogP contribution in [0.15, 0.2) is 49.2 Å². The molecule has 0 bridgehead atoms. The number of rotatable bonds is 5. The van der Waals surface area contributed by atoms with Crippen LogP contribution in [0.2, 0.25) is 0 Å². The molecule has 3 heterocycles. The Morgan fingerprint density at radius 3 is 2.87 bits per heavy atom. The summed E-state index contributed by atoms with van der Waals surface area (Å²) in [6.45, 7) is 2.72. The molecule has 0 atom stereocenters. The fourth-order valence-electron chi connectivity index (χ4n) is 2.28. The number of hydrogen-bond acceptors (Lipinski definition) is 4. The Hall–Kier alpha value is -3.02. The third kappa shape index (κ3) is 3.26. The second-order valence-corrected chi connectivity index (χ2v) is 5.13. The average Bonchev–Trinajstić information content (AvgIpc) is 3.20. The second-order valence-electron chi connectivity index (χ2n) is 5.13. The summed E-state index contributed by atoms with van der Waals surface area (Å²) >= 11 is 0. The van der Waals surface area contributed by atoms with E-state index in [0.29, 0.717) is 5.56 Å². The lowest BCUT2D eigenvalue weighted by molar-refractivity contribution is 0.104. The highest BCUT2D eigenvalue weighted by Crippen LogP contribution is 2.22. The van der Waals surface area contributed by atoms with Crippen LogP contribution in [0.25, 0.3) is 17.3 Å². The maximum Gasteiger partial charge on any atom is 0.189 e. The molecule has 0 aromatic carbocycles. The quantitative estimate of drug-likeness (QED) is 0.537. The summed E-state index contributed by atoms with van der Waals surface area (Å²) in [5.74, 6) is -0.0781. The van der Waals surface area contributed by atoms with E-state index in [0.717, 1.165) is 23.4 Å². The van der Waals surface area contributed by atoms with Gasteiger partial charge >= 0.3 is 0 Å². The Morgan fingerprint density at radius 1 is 1.30 bits per heavy atom. The molecule has 6 heteroatoms. The van der Waals surface area contributed by atoms with Crippen LogP contribution in [0, 0.1) is 0 Å². The molecule has 0 saturated heterocycles. The van der Waals surface area contributed by atoms with E-state index in [-0.39, 0.29) is 5.78 Å². The number of pyridine rings is 1. The van der Waals surface area contributed by atoms with Crippen molar-refractivity contribution in [2.75, 3.05) is 0 Å². The Balaban J connectivity index is 1.87. The Morgan fingerprint density at radius 2 is 2.17 bits per heavy atom. The van der Waals surface area contributed by atoms with Crippen molar-refractivity contribution < 1.29 is 4.79 Å². The number of aryl methyl sites for hydroxylation is 2. The molecule has 0 radical (unpaired) electrons. The maximum atomic E-state index is 12.2. The third-order valence-electron chi connectivity index (χ3n) is 3.45. The first kappa shape index (κ1) is 14.9. The second kappa shape index (κ2) is 6.39. The molecule has 116 valence electrons. The van der Waals surface area contributed by atoms with E-state index in [2.05, 4.69) is 15.2 Å². The summed E-state index contributed by atoms with van der Waals surface area (Å²) in [5.41, 5.74) is 3.17. The van der Waals surface area contributed by atoms with Crippen LogP contribution < -0.4 is 0 Å². The van der Waals surface area contributed by atoms with E-state index in [9.17, 15) is 4.79 Å². The van der Waals surface area contributed by atoms with Gasteiger partial charge in [0.25, 0.3) is 0 Å². The summed E-state index contributed by atoms with van der Waals surface area (Å²) < 4.78 is 3.45. The molecule has 3 rings (SSSR count). The standard InChI is InChI=1S/C17H17N5O/c1-3-22-12-15(10-19-22)16(23)7-6-14-11-21(2)20-17(14)13-5-4-8-18-9-13/h4-12H,3H2,1-2H3. The highest BCUT2D eigenvalue weighted by molar-refractivity contribution is 6.06. The Kier molecular flexibility index (Phi) is 4.14. The number of ketones is 1. The molecule has 0 aliphatic carbocycles. The number of hydrogen-bond donors (Lipinski definition) is 0. The van der Waals surface area contributed by atoms with Gasteiger partial charge < -0.3 is 0 Å². The zero-order valence-corrected chi connectivity index (χ0v) is 13.0. The van der Waals surface area contributed by atoms with Crippen molar-refractivity contribution in [1.82, 2.24) is 24.5 Å². The number of carbonyl (C=O) groups is 1. The summed E-state index contributed by atoms with van der Waals surface area (Å²) in [6, 6.07) is 3.81. The van der Waals surface area contributed by atoms with Gasteiger partial charge in [0.05, 0.1) is 11.8 Å². The van der Waals surface area contributed by atoms with Gasteiger partial charge in [-0.3, -0.25) is 19.1 Å². The molecule has 0 spiro atoms. The van der Waals surface area contributed by atoms with Crippen molar-refractivity contribution in [1.29, 1.82) is 0 Å². The predicted octanol–water partition coefficient (Wildman–Crippen LogP) is 2.59. The van der Waals surface area contributed by atoms with Gasteiger partial charge in [-0.2, -0.15) is 10.2 Å². The molecule has 0 N–H and O–H groups in total. The first-order chi connectivity index (χ1) is 11.2. The van der Waals surface area contributed by atoms with Crippen LogP contribution in [0.4, 0.5) is 0 Å². The van der Waals surface area contributed by atoms with Gasteiger partial charge in [0.1, 0.15) is 5.69 Å². The van der Waals surface area contributed by atoms with E-state index in [1.165, 1.54) is 0 Å². The molecule has 0 aliphatic heterocycles. The molecule has 0 amide bonds. The molecular weight excluding hydrogens is 290 g/mol. The van der Waals surface area contributed by atoms with E-state index < -0.39 is 0 Å². The summed E-state index contributed by atoms with van der Waals surface area (Å²) in [6.07, 6.45) is 12.0. The first-order valence-corrected chi connectivity index (χ1v) is 7.36. The normalized spacial score (nSPS) is 11.2. The lowest BCUT2D eigenvalue weighted by Crippen LogP contribution is -1.94. The van der Waals surface area contributed by atoms with Crippen LogP contribution in [0.5, 0.6) is 0 Å². The smallest absolute Gasteiger partial charge is 0.189 e.